The van der Waals surface area contributed by atoms with Crippen LogP contribution in [0.5, 0.6) is 0 Å². The van der Waals surface area contributed by atoms with Crippen molar-refractivity contribution < 1.29 is 18.8 Å². The zero-order valence-corrected chi connectivity index (χ0v) is 18.8. The fourth-order valence-corrected chi connectivity index (χ4v) is 8.14. The van der Waals surface area contributed by atoms with Gasteiger partial charge in [0, 0.05) is 7.11 Å². The van der Waals surface area contributed by atoms with Gasteiger partial charge < -0.3 is 14.6 Å². The highest BCUT2D eigenvalue weighted by atomic mass is 32.2. The molecule has 0 aliphatic heterocycles. The van der Waals surface area contributed by atoms with Gasteiger partial charge in [-0.3, -0.25) is 0 Å². The van der Waals surface area contributed by atoms with Crippen LogP contribution in [0.4, 0.5) is 0 Å². The summed E-state index contributed by atoms with van der Waals surface area (Å²) in [5.41, 5.74) is -1.30. The zero-order valence-electron chi connectivity index (χ0n) is 16.1. The minimum Gasteiger partial charge on any atom is -0.382 e. The summed E-state index contributed by atoms with van der Waals surface area (Å²) in [6.07, 6.45) is 1.42. The monoisotopic (exact) mass is 409 g/mol. The van der Waals surface area contributed by atoms with Crippen molar-refractivity contribution in [3.63, 3.8) is 0 Å². The number of aliphatic hydroxyl groups is 1. The van der Waals surface area contributed by atoms with Gasteiger partial charge in [-0.25, -0.2) is 18.4 Å². The van der Waals surface area contributed by atoms with Gasteiger partial charge >= 0.3 is 0 Å². The van der Waals surface area contributed by atoms with Crippen LogP contribution >= 0.6 is 11.3 Å². The molecule has 0 aliphatic carbocycles. The summed E-state index contributed by atoms with van der Waals surface area (Å²) in [5.74, 6) is 0. The van der Waals surface area contributed by atoms with Crippen LogP contribution in [0.25, 0.3) is 0 Å². The quantitative estimate of drug-likeness (QED) is 0.430. The van der Waals surface area contributed by atoms with E-state index in [4.69, 9.17) is 14.3 Å². The van der Waals surface area contributed by atoms with E-state index in [9.17, 15) is 9.32 Å². The van der Waals surface area contributed by atoms with Gasteiger partial charge in [0.1, 0.15) is 33.0 Å². The Labute approximate surface area is 156 Å². The molecule has 0 aromatic carbocycles. The SMILES string of the molecule is COCCOCC(C)(O)c1ncc(S(=N)(=O)N[Si](C)(C)C(C)(C)C)s1. The van der Waals surface area contributed by atoms with Gasteiger partial charge in [-0.1, -0.05) is 33.9 Å². The summed E-state index contributed by atoms with van der Waals surface area (Å²) in [6, 6.07) is 0. The second-order valence-electron chi connectivity index (χ2n) is 7.84. The molecule has 7 nitrogen and oxygen atoms in total. The molecular formula is C15H31N3O4S2Si. The second-order valence-corrected chi connectivity index (χ2v) is 16.2. The number of rotatable bonds is 9. The molecule has 0 radical (unpaired) electrons. The molecule has 25 heavy (non-hydrogen) atoms. The molecule has 0 spiro atoms. The summed E-state index contributed by atoms with van der Waals surface area (Å²) < 4.78 is 34.9. The van der Waals surface area contributed by atoms with Crippen LogP contribution in [0.3, 0.4) is 0 Å². The lowest BCUT2D eigenvalue weighted by molar-refractivity contribution is -0.0479. The summed E-state index contributed by atoms with van der Waals surface area (Å²) >= 11 is 1.09. The molecule has 1 heterocycles. The lowest BCUT2D eigenvalue weighted by Crippen LogP contribution is -2.53. The maximum Gasteiger partial charge on any atom is 0.140 e. The number of ether oxygens (including phenoxy) is 2. The maximum absolute atomic E-state index is 12.9. The molecule has 3 N–H and O–H groups in total. The first-order valence-electron chi connectivity index (χ1n) is 8.06. The molecule has 146 valence electrons. The van der Waals surface area contributed by atoms with Crippen molar-refractivity contribution in [1.82, 2.24) is 9.37 Å². The van der Waals surface area contributed by atoms with Crippen LogP contribution in [0, 0.1) is 4.78 Å². The number of hydrogen-bond donors (Lipinski definition) is 3. The summed E-state index contributed by atoms with van der Waals surface area (Å²) in [4.78, 5) is 4.18. The molecule has 1 aromatic rings. The maximum atomic E-state index is 12.9. The van der Waals surface area contributed by atoms with Gasteiger partial charge in [0.25, 0.3) is 0 Å². The Hall–Kier alpha value is -0.363. The molecule has 10 heteroatoms. The number of thiazole rings is 1. The Kier molecular flexibility index (Phi) is 7.36. The van der Waals surface area contributed by atoms with E-state index in [1.54, 1.807) is 14.0 Å². The second kappa shape index (κ2) is 8.11. The van der Waals surface area contributed by atoms with Crippen molar-refractivity contribution >= 4 is 29.5 Å². The molecule has 0 saturated heterocycles. The van der Waals surface area contributed by atoms with Crippen LogP contribution in [-0.2, 0) is 25.0 Å². The van der Waals surface area contributed by atoms with E-state index in [1.807, 2.05) is 0 Å². The number of hydrogen-bond acceptors (Lipinski definition) is 7. The molecule has 2 atom stereocenters. The molecule has 1 rings (SSSR count). The highest BCUT2D eigenvalue weighted by Crippen LogP contribution is 2.36. The van der Waals surface area contributed by atoms with E-state index in [0.29, 0.717) is 22.4 Å². The standard InChI is InChI=1S/C15H31N3O4S2Si/c1-14(2,3)25(6,7)18-24(16,20)12-10-17-13(23-12)15(4,19)11-22-9-8-21-5/h10,19H,8-9,11H2,1-7H3,(H2,16,18,20). The summed E-state index contributed by atoms with van der Waals surface area (Å²) in [6.45, 7) is 12.8. The van der Waals surface area contributed by atoms with Gasteiger partial charge in [-0.2, -0.15) is 0 Å². The Morgan fingerprint density at radius 3 is 2.48 bits per heavy atom. The van der Waals surface area contributed by atoms with Crippen LogP contribution < -0.4 is 4.39 Å². The Morgan fingerprint density at radius 1 is 1.36 bits per heavy atom. The fourth-order valence-electron chi connectivity index (χ4n) is 1.68. The van der Waals surface area contributed by atoms with E-state index < -0.39 is 23.8 Å². The lowest BCUT2D eigenvalue weighted by atomic mass is 10.1. The normalized spacial score (nSPS) is 17.9. The Bertz CT molecular complexity index is 667. The molecule has 0 fully saturated rings. The number of aromatic nitrogens is 1. The zero-order chi connectivity index (χ0) is 19.5. The molecule has 0 amide bonds. The van der Waals surface area contributed by atoms with E-state index in [1.165, 1.54) is 6.20 Å². The smallest absolute Gasteiger partial charge is 0.140 e. The van der Waals surface area contributed by atoms with Gasteiger partial charge in [0.2, 0.25) is 0 Å². The number of nitrogens with one attached hydrogen (secondary N) is 2. The van der Waals surface area contributed by atoms with Gasteiger partial charge in [-0.15, -0.1) is 11.3 Å². The van der Waals surface area contributed by atoms with Crippen molar-refractivity contribution in [1.29, 1.82) is 4.78 Å². The summed E-state index contributed by atoms with van der Waals surface area (Å²) in [5, 5.41) is 10.9. The van der Waals surface area contributed by atoms with Gasteiger partial charge in [0.15, 0.2) is 0 Å². The number of methoxy groups -OCH3 is 1. The third-order valence-electron chi connectivity index (χ3n) is 4.32. The molecular weight excluding hydrogens is 378 g/mol. The minimum atomic E-state index is -3.17. The highest BCUT2D eigenvalue weighted by Gasteiger charge is 2.39. The van der Waals surface area contributed by atoms with Crippen molar-refractivity contribution in [3.8, 4) is 0 Å². The lowest BCUT2D eigenvalue weighted by Gasteiger charge is -2.37. The molecule has 0 saturated carbocycles. The van der Waals surface area contributed by atoms with Crippen molar-refractivity contribution in [2.45, 2.75) is 55.6 Å². The average molecular weight is 410 g/mol. The summed E-state index contributed by atoms with van der Waals surface area (Å²) in [7, 11) is -3.72. The van der Waals surface area contributed by atoms with Crippen molar-refractivity contribution in [2.75, 3.05) is 26.9 Å². The van der Waals surface area contributed by atoms with Crippen molar-refractivity contribution in [2.24, 2.45) is 0 Å². The first-order chi connectivity index (χ1) is 11.2. The largest absolute Gasteiger partial charge is 0.382 e. The molecule has 0 bridgehead atoms. The van der Waals surface area contributed by atoms with E-state index in [-0.39, 0.29) is 11.6 Å². The van der Waals surface area contributed by atoms with Gasteiger partial charge in [0.05, 0.1) is 26.0 Å². The molecule has 2 unspecified atom stereocenters. The van der Waals surface area contributed by atoms with E-state index >= 15 is 0 Å². The topological polar surface area (TPSA) is 105 Å². The minimum absolute atomic E-state index is 0.0507. The Morgan fingerprint density at radius 2 is 1.96 bits per heavy atom. The highest BCUT2D eigenvalue weighted by molar-refractivity contribution is 7.94. The fraction of sp³-hybridized carbons (Fsp3) is 0.800. The Balaban J connectivity index is 2.92. The third kappa shape index (κ3) is 6.09. The predicted octanol–water partition coefficient (Wildman–Crippen LogP) is 2.93. The van der Waals surface area contributed by atoms with Gasteiger partial charge in [-0.05, 0) is 12.0 Å². The van der Waals surface area contributed by atoms with Crippen LogP contribution in [0.15, 0.2) is 10.4 Å². The predicted molar refractivity (Wildman–Crippen MR) is 104 cm³/mol. The third-order valence-corrected chi connectivity index (χ3v) is 13.9. The van der Waals surface area contributed by atoms with E-state index in [0.717, 1.165) is 11.3 Å². The average Bonchev–Trinajstić information content (AvgIpc) is 2.92. The first kappa shape index (κ1) is 22.7. The van der Waals surface area contributed by atoms with Crippen LogP contribution in [0.2, 0.25) is 18.1 Å². The van der Waals surface area contributed by atoms with Crippen LogP contribution in [-0.4, -0.2) is 49.5 Å². The molecule has 1 aromatic heterocycles. The van der Waals surface area contributed by atoms with Crippen LogP contribution in [0.1, 0.15) is 32.7 Å². The molecule has 0 aliphatic rings. The number of nitrogens with zero attached hydrogens (tertiary/aromatic N) is 1. The first-order valence-corrected chi connectivity index (χ1v) is 13.4. The van der Waals surface area contributed by atoms with E-state index in [2.05, 4.69) is 43.2 Å². The van der Waals surface area contributed by atoms with Crippen molar-refractivity contribution in [3.05, 3.63) is 11.2 Å².